The summed E-state index contributed by atoms with van der Waals surface area (Å²) in [5.41, 5.74) is 0. The van der Waals surface area contributed by atoms with E-state index in [1.165, 1.54) is 0 Å². The topological polar surface area (TPSA) is 57.2 Å². The zero-order chi connectivity index (χ0) is 15.8. The van der Waals surface area contributed by atoms with Crippen LogP contribution in [0.25, 0.3) is 0 Å². The van der Waals surface area contributed by atoms with Crippen LogP contribution >= 0.6 is 0 Å². The Morgan fingerprint density at radius 1 is 0.905 bits per heavy atom. The van der Waals surface area contributed by atoms with Gasteiger partial charge in [-0.3, -0.25) is 0 Å². The Bertz CT molecular complexity index is 419. The largest absolute Gasteiger partial charge is 0.357 e. The van der Waals surface area contributed by atoms with Crippen LogP contribution in [0.5, 0.6) is 0 Å². The zero-order valence-corrected chi connectivity index (χ0v) is 14.3. The zero-order valence-electron chi connectivity index (χ0n) is 14.3. The van der Waals surface area contributed by atoms with E-state index in [0.717, 1.165) is 44.5 Å². The van der Waals surface area contributed by atoms with Crippen LogP contribution in [0.1, 0.15) is 41.0 Å². The van der Waals surface area contributed by atoms with Gasteiger partial charge >= 0.3 is 0 Å². The van der Waals surface area contributed by atoms with Crippen molar-refractivity contribution in [3.63, 3.8) is 0 Å². The Balaban J connectivity index is 3.11. The van der Waals surface area contributed by atoms with Gasteiger partial charge in [-0.05, 0) is 26.7 Å². The predicted molar refractivity (Wildman–Crippen MR) is 90.3 cm³/mol. The average molecular weight is 294 g/mol. The van der Waals surface area contributed by atoms with Gasteiger partial charge in [0.1, 0.15) is 0 Å². The van der Waals surface area contributed by atoms with Crippen molar-refractivity contribution in [2.75, 3.05) is 48.3 Å². The maximum Gasteiger partial charge on any atom is 0.231 e. The van der Waals surface area contributed by atoms with E-state index >= 15 is 0 Å². The second kappa shape index (κ2) is 8.64. The minimum Gasteiger partial charge on any atom is -0.357 e. The quantitative estimate of drug-likeness (QED) is 0.755. The Labute approximate surface area is 129 Å². The first kappa shape index (κ1) is 17.5. The Morgan fingerprint density at radius 2 is 1.43 bits per heavy atom. The van der Waals surface area contributed by atoms with Crippen molar-refractivity contribution >= 4 is 17.8 Å². The molecule has 0 aliphatic rings. The normalized spacial score (nSPS) is 12.1. The van der Waals surface area contributed by atoms with Crippen molar-refractivity contribution < 1.29 is 0 Å². The van der Waals surface area contributed by atoms with E-state index in [2.05, 4.69) is 64.7 Å². The molecule has 6 nitrogen and oxygen atoms in total. The lowest BCUT2D eigenvalue weighted by Gasteiger charge is -2.26. The van der Waals surface area contributed by atoms with Gasteiger partial charge in [-0.15, -0.1) is 0 Å². The predicted octanol–water partition coefficient (Wildman–Crippen LogP) is 2.63. The average Bonchev–Trinajstić information content (AvgIpc) is 2.53. The number of anilines is 3. The van der Waals surface area contributed by atoms with Gasteiger partial charge in [0.25, 0.3) is 0 Å². The van der Waals surface area contributed by atoms with Crippen molar-refractivity contribution in [2.24, 2.45) is 5.92 Å². The highest BCUT2D eigenvalue weighted by Crippen LogP contribution is 2.18. The summed E-state index contributed by atoms with van der Waals surface area (Å²) in [5.74, 6) is 2.76. The number of aromatic nitrogens is 3. The Kier molecular flexibility index (Phi) is 7.19. The van der Waals surface area contributed by atoms with Crippen LogP contribution < -0.4 is 15.1 Å². The van der Waals surface area contributed by atoms with Crippen LogP contribution in [0.3, 0.4) is 0 Å². The molecule has 0 saturated carbocycles. The molecule has 0 aliphatic carbocycles. The first-order chi connectivity index (χ1) is 10.1. The maximum atomic E-state index is 4.67. The number of hydrogen-bond acceptors (Lipinski definition) is 6. The van der Waals surface area contributed by atoms with Crippen LogP contribution in [-0.2, 0) is 0 Å². The van der Waals surface area contributed by atoms with Crippen LogP contribution in [0.2, 0.25) is 0 Å². The van der Waals surface area contributed by atoms with Gasteiger partial charge in [0.05, 0.1) is 0 Å². The van der Waals surface area contributed by atoms with Crippen LogP contribution in [0, 0.1) is 5.92 Å². The Hall–Kier alpha value is -1.59. The minimum absolute atomic E-state index is 0.622. The van der Waals surface area contributed by atoms with E-state index in [1.807, 2.05) is 7.05 Å². The lowest BCUT2D eigenvalue weighted by atomic mass is 10.1. The number of rotatable bonds is 9. The van der Waals surface area contributed by atoms with Gasteiger partial charge in [0, 0.05) is 33.2 Å². The summed E-state index contributed by atoms with van der Waals surface area (Å²) >= 11 is 0. The van der Waals surface area contributed by atoms with Crippen molar-refractivity contribution in [2.45, 2.75) is 41.0 Å². The highest BCUT2D eigenvalue weighted by atomic mass is 15.4. The molecule has 1 heterocycles. The third-order valence-corrected chi connectivity index (χ3v) is 3.78. The summed E-state index contributed by atoms with van der Waals surface area (Å²) < 4.78 is 0. The van der Waals surface area contributed by atoms with Gasteiger partial charge in [-0.2, -0.15) is 15.0 Å². The fourth-order valence-corrected chi connectivity index (χ4v) is 2.11. The Morgan fingerprint density at radius 3 is 1.86 bits per heavy atom. The molecule has 0 bridgehead atoms. The lowest BCUT2D eigenvalue weighted by molar-refractivity contribution is 0.542. The van der Waals surface area contributed by atoms with Gasteiger partial charge < -0.3 is 15.1 Å². The van der Waals surface area contributed by atoms with Crippen LogP contribution in [0.15, 0.2) is 0 Å². The molecule has 0 amide bonds. The molecule has 1 aromatic rings. The smallest absolute Gasteiger partial charge is 0.231 e. The monoisotopic (exact) mass is 294 g/mol. The molecule has 0 radical (unpaired) electrons. The van der Waals surface area contributed by atoms with E-state index in [4.69, 9.17) is 0 Å². The molecular weight excluding hydrogens is 264 g/mol. The first-order valence-corrected chi connectivity index (χ1v) is 8.03. The van der Waals surface area contributed by atoms with Crippen molar-refractivity contribution in [1.82, 2.24) is 15.0 Å². The molecule has 0 saturated heterocycles. The summed E-state index contributed by atoms with van der Waals surface area (Å²) in [5, 5.41) is 3.04. The molecule has 120 valence electrons. The number of nitrogens with zero attached hydrogens (tertiary/aromatic N) is 5. The molecular formula is C15H30N6. The van der Waals surface area contributed by atoms with Crippen LogP contribution in [0.4, 0.5) is 17.8 Å². The molecule has 0 aliphatic heterocycles. The van der Waals surface area contributed by atoms with E-state index in [1.54, 1.807) is 0 Å². The van der Waals surface area contributed by atoms with Gasteiger partial charge in [-0.25, -0.2) is 0 Å². The van der Waals surface area contributed by atoms with Gasteiger partial charge in [-0.1, -0.05) is 20.3 Å². The number of nitrogens with one attached hydrogen (secondary N) is 1. The molecule has 1 aromatic heterocycles. The third kappa shape index (κ3) is 4.72. The lowest BCUT2D eigenvalue weighted by Crippen LogP contribution is -2.32. The minimum atomic E-state index is 0.622. The third-order valence-electron chi connectivity index (χ3n) is 3.78. The molecule has 0 spiro atoms. The maximum absolute atomic E-state index is 4.67. The van der Waals surface area contributed by atoms with E-state index in [0.29, 0.717) is 11.9 Å². The standard InChI is InChI=1S/C15H30N6/c1-7-12(5)11-21(10-4)15-18-13(16-6)17-14(19-15)20(8-2)9-3/h12H,7-11H2,1-6H3,(H,16,17,18,19). The molecule has 6 heteroatoms. The first-order valence-electron chi connectivity index (χ1n) is 8.03. The van der Waals surface area contributed by atoms with Crippen molar-refractivity contribution in [3.8, 4) is 0 Å². The van der Waals surface area contributed by atoms with E-state index < -0.39 is 0 Å². The molecule has 1 atom stereocenters. The molecule has 1 N–H and O–H groups in total. The summed E-state index contributed by atoms with van der Waals surface area (Å²) in [6.45, 7) is 14.5. The molecule has 1 rings (SSSR count). The van der Waals surface area contributed by atoms with E-state index in [-0.39, 0.29) is 0 Å². The highest BCUT2D eigenvalue weighted by molar-refractivity contribution is 5.44. The van der Waals surface area contributed by atoms with E-state index in [9.17, 15) is 0 Å². The summed E-state index contributed by atoms with van der Waals surface area (Å²) in [7, 11) is 1.84. The van der Waals surface area contributed by atoms with Crippen molar-refractivity contribution in [3.05, 3.63) is 0 Å². The second-order valence-corrected chi connectivity index (χ2v) is 5.23. The molecule has 0 aromatic carbocycles. The summed E-state index contributed by atoms with van der Waals surface area (Å²) in [6, 6.07) is 0. The van der Waals surface area contributed by atoms with Gasteiger partial charge in [0.15, 0.2) is 0 Å². The molecule has 1 unspecified atom stereocenters. The highest BCUT2D eigenvalue weighted by Gasteiger charge is 2.16. The SMILES string of the molecule is CCC(C)CN(CC)c1nc(NC)nc(N(CC)CC)n1. The summed E-state index contributed by atoms with van der Waals surface area (Å²) in [6.07, 6.45) is 1.16. The fraction of sp³-hybridized carbons (Fsp3) is 0.800. The summed E-state index contributed by atoms with van der Waals surface area (Å²) in [4.78, 5) is 18.0. The van der Waals surface area contributed by atoms with Gasteiger partial charge in [0.2, 0.25) is 17.8 Å². The fourth-order valence-electron chi connectivity index (χ4n) is 2.11. The van der Waals surface area contributed by atoms with Crippen molar-refractivity contribution in [1.29, 1.82) is 0 Å². The molecule has 21 heavy (non-hydrogen) atoms. The second-order valence-electron chi connectivity index (χ2n) is 5.23. The molecule has 0 fully saturated rings. The number of hydrogen-bond donors (Lipinski definition) is 1. The van der Waals surface area contributed by atoms with Crippen LogP contribution in [-0.4, -0.2) is 48.2 Å².